The number of methoxy groups -OCH3 is 1. The average molecular weight is 568 g/mol. The second-order valence-electron chi connectivity index (χ2n) is 7.26. The Labute approximate surface area is 210 Å². The summed E-state index contributed by atoms with van der Waals surface area (Å²) in [6.45, 7) is 0. The van der Waals surface area contributed by atoms with Crippen molar-refractivity contribution in [2.45, 2.75) is 12.1 Å². The Balaban J connectivity index is 1.90. The fourth-order valence-electron chi connectivity index (χ4n) is 3.54. The van der Waals surface area contributed by atoms with Gasteiger partial charge in [0.15, 0.2) is 0 Å². The van der Waals surface area contributed by atoms with Crippen molar-refractivity contribution in [3.8, 4) is 6.07 Å². The normalized spacial score (nSPS) is 17.9. The Kier molecular flexibility index (Phi) is 8.24. The molecule has 12 heteroatoms. The van der Waals surface area contributed by atoms with Gasteiger partial charge in [0.2, 0.25) is 11.8 Å². The Morgan fingerprint density at radius 2 is 1.94 bits per heavy atom. The van der Waals surface area contributed by atoms with E-state index in [1.54, 1.807) is 24.3 Å². The summed E-state index contributed by atoms with van der Waals surface area (Å²) in [4.78, 5) is 37.7. The summed E-state index contributed by atoms with van der Waals surface area (Å²) in [6.07, 6.45) is -4.66. The molecule has 1 heterocycles. The van der Waals surface area contributed by atoms with Crippen LogP contribution in [0.5, 0.6) is 0 Å². The second kappa shape index (κ2) is 11.0. The molecule has 1 aliphatic heterocycles. The minimum atomic E-state index is -4.66. The molecule has 0 saturated carbocycles. The number of carbonyl (C=O) groups excluding carboxylic acids is 3. The van der Waals surface area contributed by atoms with Crippen LogP contribution in [-0.4, -0.2) is 30.6 Å². The molecule has 1 aliphatic rings. The predicted molar refractivity (Wildman–Crippen MR) is 126 cm³/mol. The highest BCUT2D eigenvalue weighted by molar-refractivity contribution is 9.10. The lowest BCUT2D eigenvalue weighted by Gasteiger charge is -2.31. The number of allylic oxidation sites excluding steroid dienone is 1. The number of hydrogen-bond acceptors (Lipinski definition) is 6. The topological polar surface area (TPSA) is 108 Å². The van der Waals surface area contributed by atoms with Crippen molar-refractivity contribution in [1.82, 2.24) is 5.32 Å². The lowest BCUT2D eigenvalue weighted by atomic mass is 9.78. The average Bonchev–Trinajstić information content (AvgIpc) is 2.81. The van der Waals surface area contributed by atoms with Crippen LogP contribution in [0, 0.1) is 17.2 Å². The zero-order valence-corrected chi connectivity index (χ0v) is 20.4. The van der Waals surface area contributed by atoms with Gasteiger partial charge in [0.25, 0.3) is 0 Å². The fraction of sp³-hybridized carbons (Fsp3) is 0.217. The summed E-state index contributed by atoms with van der Waals surface area (Å²) in [7, 11) is 1.12. The maximum Gasteiger partial charge on any atom is 0.418 e. The fourth-order valence-corrected chi connectivity index (χ4v) is 4.81. The van der Waals surface area contributed by atoms with Crippen molar-refractivity contribution in [1.29, 1.82) is 5.26 Å². The van der Waals surface area contributed by atoms with Gasteiger partial charge in [0.05, 0.1) is 40.8 Å². The minimum Gasteiger partial charge on any atom is -0.468 e. The van der Waals surface area contributed by atoms with E-state index in [1.165, 1.54) is 12.1 Å². The first-order valence-electron chi connectivity index (χ1n) is 9.94. The number of nitrogens with one attached hydrogen (secondary N) is 2. The van der Waals surface area contributed by atoms with E-state index in [4.69, 9.17) is 4.74 Å². The molecule has 0 spiro atoms. The van der Waals surface area contributed by atoms with Crippen LogP contribution in [0.4, 0.5) is 18.9 Å². The van der Waals surface area contributed by atoms with Crippen molar-refractivity contribution in [3.63, 3.8) is 0 Å². The third kappa shape index (κ3) is 6.04. The highest BCUT2D eigenvalue weighted by Gasteiger charge is 2.44. The number of halogens is 4. The number of para-hydroxylation sites is 1. The van der Waals surface area contributed by atoms with E-state index in [1.807, 2.05) is 6.07 Å². The van der Waals surface area contributed by atoms with Crippen molar-refractivity contribution < 1.29 is 32.3 Å². The van der Waals surface area contributed by atoms with Gasteiger partial charge in [-0.2, -0.15) is 18.4 Å². The van der Waals surface area contributed by atoms with Gasteiger partial charge in [0.1, 0.15) is 5.92 Å². The van der Waals surface area contributed by atoms with Gasteiger partial charge in [-0.3, -0.25) is 14.4 Å². The van der Waals surface area contributed by atoms with Gasteiger partial charge >= 0.3 is 12.1 Å². The predicted octanol–water partition coefficient (Wildman–Crippen LogP) is 4.58. The molecule has 2 aromatic rings. The quantitative estimate of drug-likeness (QED) is 0.391. The second-order valence-corrected chi connectivity index (χ2v) is 9.16. The Hall–Kier alpha value is -3.30. The monoisotopic (exact) mass is 567 g/mol. The Morgan fingerprint density at radius 1 is 1.23 bits per heavy atom. The third-order valence-corrected chi connectivity index (χ3v) is 6.56. The van der Waals surface area contributed by atoms with Gasteiger partial charge < -0.3 is 15.4 Å². The smallest absolute Gasteiger partial charge is 0.418 e. The Morgan fingerprint density at radius 3 is 2.57 bits per heavy atom. The van der Waals surface area contributed by atoms with Gasteiger partial charge in [-0.05, 0) is 29.8 Å². The van der Waals surface area contributed by atoms with E-state index in [2.05, 4.69) is 26.6 Å². The largest absolute Gasteiger partial charge is 0.468 e. The SMILES string of the molecule is COC(=O)[C@H]1C(=O)NC(SCC(=O)Nc2ccccc2C(F)(F)F)=C(C#N)[C@@H]1c1cccc(Br)c1. The lowest BCUT2D eigenvalue weighted by molar-refractivity contribution is -0.150. The van der Waals surface area contributed by atoms with Crippen LogP contribution in [0.2, 0.25) is 0 Å². The molecule has 7 nitrogen and oxygen atoms in total. The maximum atomic E-state index is 13.2. The summed E-state index contributed by atoms with van der Waals surface area (Å²) in [5.74, 6) is -5.09. The van der Waals surface area contributed by atoms with Crippen molar-refractivity contribution in [2.75, 3.05) is 18.2 Å². The van der Waals surface area contributed by atoms with Crippen molar-refractivity contribution >= 4 is 51.2 Å². The first-order valence-corrected chi connectivity index (χ1v) is 11.7. The number of rotatable bonds is 6. The van der Waals surface area contributed by atoms with Crippen LogP contribution in [0.1, 0.15) is 17.0 Å². The van der Waals surface area contributed by atoms with E-state index in [9.17, 15) is 32.8 Å². The number of nitrogens with zero attached hydrogens (tertiary/aromatic N) is 1. The zero-order valence-electron chi connectivity index (χ0n) is 18.0. The maximum absolute atomic E-state index is 13.2. The molecule has 35 heavy (non-hydrogen) atoms. The van der Waals surface area contributed by atoms with Gasteiger partial charge in [-0.25, -0.2) is 0 Å². The van der Waals surface area contributed by atoms with Crippen LogP contribution >= 0.6 is 27.7 Å². The Bertz CT molecular complexity index is 1240. The lowest BCUT2D eigenvalue weighted by Crippen LogP contribution is -2.44. The van der Waals surface area contributed by atoms with E-state index in [0.717, 1.165) is 31.0 Å². The molecule has 0 saturated heterocycles. The molecular formula is C23H17BrF3N3O4S. The number of nitriles is 1. The van der Waals surface area contributed by atoms with E-state index in [-0.39, 0.29) is 10.6 Å². The molecule has 0 radical (unpaired) electrons. The third-order valence-electron chi connectivity index (χ3n) is 5.05. The number of amides is 2. The number of hydrogen-bond donors (Lipinski definition) is 2. The summed E-state index contributed by atoms with van der Waals surface area (Å²) in [5.41, 5.74) is -0.906. The molecule has 0 fully saturated rings. The highest BCUT2D eigenvalue weighted by Crippen LogP contribution is 2.41. The van der Waals surface area contributed by atoms with Crippen LogP contribution < -0.4 is 10.6 Å². The molecule has 2 aromatic carbocycles. The molecule has 0 unspecified atom stereocenters. The molecule has 3 rings (SSSR count). The number of thioether (sulfide) groups is 1. The number of anilines is 1. The highest BCUT2D eigenvalue weighted by atomic mass is 79.9. The molecule has 2 N–H and O–H groups in total. The summed E-state index contributed by atoms with van der Waals surface area (Å²) in [6, 6.07) is 13.2. The molecule has 0 aromatic heterocycles. The van der Waals surface area contributed by atoms with Gasteiger partial charge in [0, 0.05) is 10.4 Å². The van der Waals surface area contributed by atoms with E-state index in [0.29, 0.717) is 10.0 Å². The van der Waals surface area contributed by atoms with Crippen LogP contribution in [0.25, 0.3) is 0 Å². The summed E-state index contributed by atoms with van der Waals surface area (Å²) >= 11 is 4.09. The molecule has 2 atom stereocenters. The molecule has 0 bridgehead atoms. The number of ether oxygens (including phenoxy) is 1. The van der Waals surface area contributed by atoms with E-state index < -0.39 is 52.8 Å². The van der Waals surface area contributed by atoms with Crippen LogP contribution in [-0.2, 0) is 25.3 Å². The van der Waals surface area contributed by atoms with Crippen molar-refractivity contribution in [2.24, 2.45) is 5.92 Å². The molecular weight excluding hydrogens is 551 g/mol. The molecule has 0 aliphatic carbocycles. The van der Waals surface area contributed by atoms with Crippen LogP contribution in [0.3, 0.4) is 0 Å². The molecule has 2 amide bonds. The van der Waals surface area contributed by atoms with Gasteiger partial charge in [-0.1, -0.05) is 52.0 Å². The number of carbonyl (C=O) groups is 3. The summed E-state index contributed by atoms with van der Waals surface area (Å²) in [5, 5.41) is 14.6. The van der Waals surface area contributed by atoms with E-state index >= 15 is 0 Å². The zero-order chi connectivity index (χ0) is 25.8. The number of benzene rings is 2. The number of alkyl halides is 3. The molecule has 182 valence electrons. The number of esters is 1. The first-order chi connectivity index (χ1) is 16.6. The summed E-state index contributed by atoms with van der Waals surface area (Å²) < 4.78 is 45.0. The van der Waals surface area contributed by atoms with Crippen molar-refractivity contribution in [3.05, 3.63) is 74.7 Å². The minimum absolute atomic E-state index is 0.0200. The van der Waals surface area contributed by atoms with Gasteiger partial charge in [-0.15, -0.1) is 0 Å². The first kappa shape index (κ1) is 26.3. The van der Waals surface area contributed by atoms with Crippen LogP contribution in [0.15, 0.2) is 63.6 Å². The standard InChI is InChI=1S/C23H17BrF3N3O4S/c1-34-22(33)19-18(12-5-4-6-13(24)9-12)14(10-28)21(30-20(19)32)35-11-17(31)29-16-8-3-2-7-15(16)23(25,26)27/h2-9,18-19H,11H2,1H3,(H,29,31)(H,30,32)/t18-,19+/m0/s1.